The third kappa shape index (κ3) is 3.95. The summed E-state index contributed by atoms with van der Waals surface area (Å²) in [5, 5.41) is 2.74. The van der Waals surface area contributed by atoms with Gasteiger partial charge in [-0.15, -0.1) is 0 Å². The molecule has 0 aliphatic carbocycles. The predicted molar refractivity (Wildman–Crippen MR) is 80.4 cm³/mol. The molecule has 5 nitrogen and oxygen atoms in total. The summed E-state index contributed by atoms with van der Waals surface area (Å²) in [4.78, 5) is 26.8. The Kier molecular flexibility index (Phi) is 4.77. The van der Waals surface area contributed by atoms with E-state index in [1.807, 2.05) is 44.2 Å². The van der Waals surface area contributed by atoms with Gasteiger partial charge < -0.3 is 15.0 Å². The second-order valence-electron chi connectivity index (χ2n) is 4.95. The van der Waals surface area contributed by atoms with Gasteiger partial charge in [-0.25, -0.2) is 0 Å². The Labute approximate surface area is 123 Å². The molecule has 0 unspecified atom stereocenters. The highest BCUT2D eigenvalue weighted by Gasteiger charge is 2.16. The molecule has 0 radical (unpaired) electrons. The Hall–Kier alpha value is -2.56. The Morgan fingerprint density at radius 1 is 1.24 bits per heavy atom. The summed E-state index contributed by atoms with van der Waals surface area (Å²) in [6, 6.07) is 10.8. The molecule has 0 aliphatic rings. The Morgan fingerprint density at radius 3 is 2.62 bits per heavy atom. The SMILES string of the molecule is CC(C)NC(=O)c1[nH]ccc(=O)c1OCc1ccccc1. The van der Waals surface area contributed by atoms with Gasteiger partial charge in [-0.2, -0.15) is 0 Å². The number of carbonyl (C=O) groups excluding carboxylic acids is 1. The van der Waals surface area contributed by atoms with Crippen molar-refractivity contribution in [2.75, 3.05) is 0 Å². The summed E-state index contributed by atoms with van der Waals surface area (Å²) in [6.45, 7) is 3.93. The number of nitrogens with one attached hydrogen (secondary N) is 2. The summed E-state index contributed by atoms with van der Waals surface area (Å²) in [5.41, 5.74) is 0.752. The van der Waals surface area contributed by atoms with E-state index in [9.17, 15) is 9.59 Å². The molecule has 0 saturated heterocycles. The lowest BCUT2D eigenvalue weighted by molar-refractivity contribution is 0.0932. The molecule has 2 rings (SSSR count). The molecule has 0 saturated carbocycles. The number of rotatable bonds is 5. The maximum absolute atomic E-state index is 12.1. The molecule has 5 heteroatoms. The molecule has 0 fully saturated rings. The molecule has 2 aromatic rings. The number of aromatic amines is 1. The molecule has 21 heavy (non-hydrogen) atoms. The van der Waals surface area contributed by atoms with Crippen LogP contribution in [0.5, 0.6) is 5.75 Å². The first-order valence-electron chi connectivity index (χ1n) is 6.77. The normalized spacial score (nSPS) is 10.4. The minimum atomic E-state index is -0.356. The van der Waals surface area contributed by atoms with Crippen LogP contribution in [0.3, 0.4) is 0 Å². The first-order valence-corrected chi connectivity index (χ1v) is 6.77. The van der Waals surface area contributed by atoms with Crippen molar-refractivity contribution in [1.82, 2.24) is 10.3 Å². The number of H-pyrrole nitrogens is 1. The van der Waals surface area contributed by atoms with Crippen molar-refractivity contribution in [3.63, 3.8) is 0 Å². The van der Waals surface area contributed by atoms with Crippen LogP contribution in [0.1, 0.15) is 29.9 Å². The van der Waals surface area contributed by atoms with E-state index in [1.54, 1.807) is 0 Å². The van der Waals surface area contributed by atoms with Crippen LogP contribution >= 0.6 is 0 Å². The smallest absolute Gasteiger partial charge is 0.271 e. The molecule has 2 N–H and O–H groups in total. The first-order chi connectivity index (χ1) is 10.1. The van der Waals surface area contributed by atoms with Gasteiger partial charge in [0.15, 0.2) is 11.4 Å². The maximum atomic E-state index is 12.1. The van der Waals surface area contributed by atoms with Crippen LogP contribution in [-0.4, -0.2) is 16.9 Å². The molecule has 0 aliphatic heterocycles. The number of ether oxygens (including phenoxy) is 1. The fraction of sp³-hybridized carbons (Fsp3) is 0.250. The summed E-state index contributed by atoms with van der Waals surface area (Å²) in [5.74, 6) is -0.315. The zero-order valence-corrected chi connectivity index (χ0v) is 12.1. The van der Waals surface area contributed by atoms with Crippen LogP contribution in [-0.2, 0) is 6.61 Å². The number of hydrogen-bond acceptors (Lipinski definition) is 3. The minimum absolute atomic E-state index is 0.0248. The number of carbonyl (C=O) groups is 1. The van der Waals surface area contributed by atoms with Gasteiger partial charge in [0.1, 0.15) is 6.61 Å². The van der Waals surface area contributed by atoms with Gasteiger partial charge in [-0.1, -0.05) is 30.3 Å². The molecule has 0 spiro atoms. The average Bonchev–Trinajstić information content (AvgIpc) is 2.46. The van der Waals surface area contributed by atoms with Crippen LogP contribution in [0.25, 0.3) is 0 Å². The van der Waals surface area contributed by atoms with Crippen LogP contribution < -0.4 is 15.5 Å². The van der Waals surface area contributed by atoms with E-state index in [1.165, 1.54) is 12.3 Å². The standard InChI is InChI=1S/C16H18N2O3/c1-11(2)18-16(20)14-15(13(19)8-9-17-14)21-10-12-6-4-3-5-7-12/h3-9,11H,10H2,1-2H3,(H,17,19)(H,18,20). The highest BCUT2D eigenvalue weighted by atomic mass is 16.5. The molecule has 1 aromatic carbocycles. The van der Waals surface area contributed by atoms with Crippen molar-refractivity contribution in [3.05, 3.63) is 64.1 Å². The molecule has 0 bridgehead atoms. The summed E-state index contributed by atoms with van der Waals surface area (Å²) >= 11 is 0. The second kappa shape index (κ2) is 6.74. The van der Waals surface area contributed by atoms with Crippen molar-refractivity contribution in [3.8, 4) is 5.75 Å². The van der Waals surface area contributed by atoms with Gasteiger partial charge in [0, 0.05) is 18.3 Å². The zero-order chi connectivity index (χ0) is 15.2. The summed E-state index contributed by atoms with van der Waals surface area (Å²) < 4.78 is 5.55. The van der Waals surface area contributed by atoms with E-state index in [0.717, 1.165) is 5.56 Å². The summed E-state index contributed by atoms with van der Waals surface area (Å²) in [6.07, 6.45) is 1.44. The van der Waals surface area contributed by atoms with Crippen molar-refractivity contribution >= 4 is 5.91 Å². The lowest BCUT2D eigenvalue weighted by Crippen LogP contribution is -2.32. The Bertz CT molecular complexity index is 663. The van der Waals surface area contributed by atoms with Crippen LogP contribution in [0.15, 0.2) is 47.4 Å². The van der Waals surface area contributed by atoms with Crippen molar-refractivity contribution < 1.29 is 9.53 Å². The molecular formula is C16H18N2O3. The zero-order valence-electron chi connectivity index (χ0n) is 12.1. The topological polar surface area (TPSA) is 71.2 Å². The highest BCUT2D eigenvalue weighted by Crippen LogP contribution is 2.12. The molecule has 110 valence electrons. The van der Waals surface area contributed by atoms with Gasteiger partial charge in [0.25, 0.3) is 5.91 Å². The minimum Gasteiger partial charge on any atom is -0.483 e. The van der Waals surface area contributed by atoms with E-state index < -0.39 is 0 Å². The molecule has 0 atom stereocenters. The predicted octanol–water partition coefficient (Wildman–Crippen LogP) is 2.09. The van der Waals surface area contributed by atoms with E-state index in [2.05, 4.69) is 10.3 Å². The number of hydrogen-bond donors (Lipinski definition) is 2. The molecular weight excluding hydrogens is 268 g/mol. The fourth-order valence-corrected chi connectivity index (χ4v) is 1.84. The van der Waals surface area contributed by atoms with E-state index >= 15 is 0 Å². The number of benzene rings is 1. The van der Waals surface area contributed by atoms with Gasteiger partial charge >= 0.3 is 0 Å². The van der Waals surface area contributed by atoms with Gasteiger partial charge in [-0.3, -0.25) is 9.59 Å². The number of pyridine rings is 1. The Morgan fingerprint density at radius 2 is 1.95 bits per heavy atom. The van der Waals surface area contributed by atoms with Gasteiger partial charge in [-0.05, 0) is 19.4 Å². The van der Waals surface area contributed by atoms with Crippen LogP contribution in [0, 0.1) is 0 Å². The van der Waals surface area contributed by atoms with Gasteiger partial charge in [0.05, 0.1) is 0 Å². The van der Waals surface area contributed by atoms with Crippen LogP contribution in [0.4, 0.5) is 0 Å². The van der Waals surface area contributed by atoms with E-state index in [-0.39, 0.29) is 35.4 Å². The molecule has 1 amide bonds. The van der Waals surface area contributed by atoms with Crippen LogP contribution in [0.2, 0.25) is 0 Å². The molecule has 1 heterocycles. The first kappa shape index (κ1) is 14.8. The van der Waals surface area contributed by atoms with E-state index in [4.69, 9.17) is 4.74 Å². The van der Waals surface area contributed by atoms with Crippen molar-refractivity contribution in [2.24, 2.45) is 0 Å². The number of amides is 1. The second-order valence-corrected chi connectivity index (χ2v) is 4.95. The Balaban J connectivity index is 2.22. The molecule has 1 aromatic heterocycles. The van der Waals surface area contributed by atoms with Gasteiger partial charge in [0.2, 0.25) is 5.43 Å². The third-order valence-electron chi connectivity index (χ3n) is 2.79. The summed E-state index contributed by atoms with van der Waals surface area (Å²) in [7, 11) is 0. The quantitative estimate of drug-likeness (QED) is 0.884. The average molecular weight is 286 g/mol. The fourth-order valence-electron chi connectivity index (χ4n) is 1.84. The van der Waals surface area contributed by atoms with Crippen molar-refractivity contribution in [2.45, 2.75) is 26.5 Å². The lowest BCUT2D eigenvalue weighted by atomic mass is 10.2. The number of aromatic nitrogens is 1. The third-order valence-corrected chi connectivity index (χ3v) is 2.79. The monoisotopic (exact) mass is 286 g/mol. The van der Waals surface area contributed by atoms with Crippen molar-refractivity contribution in [1.29, 1.82) is 0 Å². The largest absolute Gasteiger partial charge is 0.483 e. The highest BCUT2D eigenvalue weighted by molar-refractivity contribution is 5.94. The lowest BCUT2D eigenvalue weighted by Gasteiger charge is -2.12. The van der Waals surface area contributed by atoms with E-state index in [0.29, 0.717) is 0 Å². The maximum Gasteiger partial charge on any atom is 0.271 e.